The van der Waals surface area contributed by atoms with Crippen LogP contribution in [-0.2, 0) is 0 Å². The highest BCUT2D eigenvalue weighted by atomic mass is 14.4. The van der Waals surface area contributed by atoms with E-state index in [9.17, 15) is 0 Å². The van der Waals surface area contributed by atoms with E-state index in [1.54, 1.807) is 0 Å². The van der Waals surface area contributed by atoms with Gasteiger partial charge in [0, 0.05) is 0 Å². The topological polar surface area (TPSA) is 0 Å². The Hall–Kier alpha value is -0.130. The molecule has 2 heteroatoms. The van der Waals surface area contributed by atoms with Gasteiger partial charge in [-0.05, 0) is 23.7 Å². The summed E-state index contributed by atoms with van der Waals surface area (Å²) in [6.45, 7) is 13.3. The third kappa shape index (κ3) is 3.22. The standard InChI is InChI=1S/C12H26B2/c1-6-11(3,4)12(5,7-2)9-8-10(13)14/h6,10H,1,7-9,13-14H2,2-5H3/t12-/m0/s1. The summed E-state index contributed by atoms with van der Waals surface area (Å²) in [6, 6.07) is 0. The van der Waals surface area contributed by atoms with Gasteiger partial charge in [0.25, 0.3) is 0 Å². The molecule has 0 aromatic carbocycles. The molecule has 0 N–H and O–H groups in total. The second-order valence-corrected chi connectivity index (χ2v) is 5.77. The molecule has 0 unspecified atom stereocenters. The summed E-state index contributed by atoms with van der Waals surface area (Å²) in [5.74, 6) is 0. The number of hydrogen-bond acceptors (Lipinski definition) is 0. The van der Waals surface area contributed by atoms with Crippen molar-refractivity contribution in [2.45, 2.75) is 52.7 Å². The number of rotatable bonds is 6. The molecule has 0 aromatic heterocycles. The molecule has 0 aliphatic heterocycles. The quantitative estimate of drug-likeness (QED) is 0.447. The molecule has 0 spiro atoms. The molecular formula is C12H26B2. The smallest absolute Gasteiger partial charge is 0.0957 e. The Morgan fingerprint density at radius 2 is 1.79 bits per heavy atom. The maximum absolute atomic E-state index is 3.97. The van der Waals surface area contributed by atoms with Crippen LogP contribution in [0.5, 0.6) is 0 Å². The first-order valence-electron chi connectivity index (χ1n) is 5.92. The summed E-state index contributed by atoms with van der Waals surface area (Å²) in [5.41, 5.74) is 1.46. The largest absolute Gasteiger partial charge is 0.103 e. The molecule has 0 saturated heterocycles. The predicted molar refractivity (Wildman–Crippen MR) is 72.4 cm³/mol. The van der Waals surface area contributed by atoms with E-state index in [1.165, 1.54) is 19.3 Å². The Morgan fingerprint density at radius 1 is 1.29 bits per heavy atom. The molecule has 0 bridgehead atoms. The molecule has 0 saturated carbocycles. The first-order chi connectivity index (χ1) is 6.29. The van der Waals surface area contributed by atoms with E-state index in [0.717, 1.165) is 5.72 Å². The summed E-state index contributed by atoms with van der Waals surface area (Å²) in [5, 5.41) is 0. The van der Waals surface area contributed by atoms with E-state index in [2.05, 4.69) is 56.0 Å². The molecule has 80 valence electrons. The molecular weight excluding hydrogens is 166 g/mol. The predicted octanol–water partition coefficient (Wildman–Crippen LogP) is 2.41. The van der Waals surface area contributed by atoms with E-state index < -0.39 is 0 Å². The fourth-order valence-corrected chi connectivity index (χ4v) is 1.81. The van der Waals surface area contributed by atoms with Crippen molar-refractivity contribution in [3.8, 4) is 0 Å². The van der Waals surface area contributed by atoms with Crippen molar-refractivity contribution in [3.05, 3.63) is 12.7 Å². The van der Waals surface area contributed by atoms with Crippen LogP contribution in [-0.4, -0.2) is 15.7 Å². The SMILES string of the molecule is BC(B)CC[C@](C)(CC)C(C)(C)C=C. The van der Waals surface area contributed by atoms with Crippen LogP contribution < -0.4 is 0 Å². The summed E-state index contributed by atoms with van der Waals surface area (Å²) in [6.07, 6.45) is 5.98. The Kier molecular flexibility index (Phi) is 5.05. The van der Waals surface area contributed by atoms with Crippen molar-refractivity contribution in [1.29, 1.82) is 0 Å². The molecule has 0 radical (unpaired) electrons. The van der Waals surface area contributed by atoms with Gasteiger partial charge >= 0.3 is 0 Å². The third-order valence-electron chi connectivity index (χ3n) is 4.12. The maximum Gasteiger partial charge on any atom is 0.0957 e. The molecule has 0 rings (SSSR count). The fourth-order valence-electron chi connectivity index (χ4n) is 1.81. The summed E-state index contributed by atoms with van der Waals surface area (Å²) in [7, 11) is 4.61. The minimum absolute atomic E-state index is 0.247. The lowest BCUT2D eigenvalue weighted by molar-refractivity contribution is 0.118. The van der Waals surface area contributed by atoms with E-state index in [-0.39, 0.29) is 5.41 Å². The summed E-state index contributed by atoms with van der Waals surface area (Å²) in [4.78, 5) is 0. The van der Waals surface area contributed by atoms with Gasteiger partial charge in [-0.25, -0.2) is 0 Å². The second kappa shape index (κ2) is 5.09. The van der Waals surface area contributed by atoms with Crippen LogP contribution in [0, 0.1) is 10.8 Å². The molecule has 0 amide bonds. The number of allylic oxidation sites excluding steroid dienone is 1. The number of hydrogen-bond donors (Lipinski definition) is 0. The van der Waals surface area contributed by atoms with Gasteiger partial charge in [-0.1, -0.05) is 45.9 Å². The molecule has 0 nitrogen and oxygen atoms in total. The van der Waals surface area contributed by atoms with Crippen LogP contribution >= 0.6 is 0 Å². The van der Waals surface area contributed by atoms with Crippen molar-refractivity contribution in [1.82, 2.24) is 0 Å². The maximum atomic E-state index is 3.97. The lowest BCUT2D eigenvalue weighted by Crippen LogP contribution is -2.33. The van der Waals surface area contributed by atoms with Crippen LogP contribution in [0.2, 0.25) is 5.72 Å². The highest BCUT2D eigenvalue weighted by molar-refractivity contribution is 6.35. The Balaban J connectivity index is 4.54. The monoisotopic (exact) mass is 192 g/mol. The van der Waals surface area contributed by atoms with E-state index in [0.29, 0.717) is 5.41 Å². The van der Waals surface area contributed by atoms with Crippen molar-refractivity contribution in [3.63, 3.8) is 0 Å². The van der Waals surface area contributed by atoms with Gasteiger partial charge in [-0.15, -0.1) is 6.58 Å². The van der Waals surface area contributed by atoms with E-state index >= 15 is 0 Å². The summed E-state index contributed by atoms with van der Waals surface area (Å²) < 4.78 is 0. The third-order valence-corrected chi connectivity index (χ3v) is 4.12. The van der Waals surface area contributed by atoms with Gasteiger partial charge in [0.15, 0.2) is 0 Å². The van der Waals surface area contributed by atoms with Crippen molar-refractivity contribution in [2.75, 3.05) is 0 Å². The average Bonchev–Trinajstić information content (AvgIpc) is 2.13. The normalized spacial score (nSPS) is 16.6. The molecule has 0 aliphatic carbocycles. The van der Waals surface area contributed by atoms with Crippen LogP contribution in [0.15, 0.2) is 12.7 Å². The molecule has 0 aliphatic rings. The Labute approximate surface area is 92.4 Å². The van der Waals surface area contributed by atoms with Crippen LogP contribution in [0.4, 0.5) is 0 Å². The molecule has 0 aromatic rings. The zero-order valence-electron chi connectivity index (χ0n) is 11.0. The zero-order valence-corrected chi connectivity index (χ0v) is 11.0. The van der Waals surface area contributed by atoms with Crippen LogP contribution in [0.1, 0.15) is 47.0 Å². The van der Waals surface area contributed by atoms with E-state index in [4.69, 9.17) is 0 Å². The summed E-state index contributed by atoms with van der Waals surface area (Å²) >= 11 is 0. The first-order valence-corrected chi connectivity index (χ1v) is 5.92. The van der Waals surface area contributed by atoms with Crippen molar-refractivity contribution in [2.24, 2.45) is 10.8 Å². The van der Waals surface area contributed by atoms with Gasteiger partial charge in [-0.2, -0.15) is 0 Å². The Morgan fingerprint density at radius 3 is 2.07 bits per heavy atom. The fraction of sp³-hybridized carbons (Fsp3) is 0.833. The average molecular weight is 192 g/mol. The second-order valence-electron chi connectivity index (χ2n) is 5.77. The van der Waals surface area contributed by atoms with Crippen LogP contribution in [0.3, 0.4) is 0 Å². The lowest BCUT2D eigenvalue weighted by Gasteiger charge is -2.42. The van der Waals surface area contributed by atoms with Gasteiger partial charge < -0.3 is 0 Å². The van der Waals surface area contributed by atoms with Gasteiger partial charge in [0.1, 0.15) is 0 Å². The first kappa shape index (κ1) is 13.9. The van der Waals surface area contributed by atoms with Gasteiger partial charge in [-0.3, -0.25) is 0 Å². The molecule has 1 atom stereocenters. The highest BCUT2D eigenvalue weighted by Gasteiger charge is 2.36. The minimum Gasteiger partial charge on any atom is -0.103 e. The van der Waals surface area contributed by atoms with Gasteiger partial charge in [0.2, 0.25) is 0 Å². The van der Waals surface area contributed by atoms with Gasteiger partial charge in [0.05, 0.1) is 15.7 Å². The lowest BCUT2D eigenvalue weighted by atomic mass is 9.59. The van der Waals surface area contributed by atoms with E-state index in [1.807, 2.05) is 0 Å². The van der Waals surface area contributed by atoms with Crippen LogP contribution in [0.25, 0.3) is 0 Å². The molecule has 0 fully saturated rings. The van der Waals surface area contributed by atoms with Crippen molar-refractivity contribution < 1.29 is 0 Å². The molecule has 14 heavy (non-hydrogen) atoms. The highest BCUT2D eigenvalue weighted by Crippen LogP contribution is 2.46. The Bertz CT molecular complexity index is 185. The zero-order chi connectivity index (χ0) is 11.4. The molecule has 0 heterocycles. The minimum atomic E-state index is 0.247. The van der Waals surface area contributed by atoms with Crippen molar-refractivity contribution >= 4 is 15.7 Å².